The van der Waals surface area contributed by atoms with Crippen LogP contribution in [-0.4, -0.2) is 19.1 Å². The number of nitrogens with two attached hydrogens (primary N) is 1. The van der Waals surface area contributed by atoms with Crippen molar-refractivity contribution in [3.8, 4) is 5.75 Å². The fourth-order valence-electron chi connectivity index (χ4n) is 1.64. The summed E-state index contributed by atoms with van der Waals surface area (Å²) in [6.07, 6.45) is 2.34. The van der Waals surface area contributed by atoms with Gasteiger partial charge in [-0.25, -0.2) is 4.39 Å². The van der Waals surface area contributed by atoms with Gasteiger partial charge in [0.1, 0.15) is 0 Å². The maximum atomic E-state index is 13.5. The van der Waals surface area contributed by atoms with E-state index in [1.807, 2.05) is 0 Å². The van der Waals surface area contributed by atoms with E-state index in [-0.39, 0.29) is 24.8 Å². The molecule has 0 unspecified atom stereocenters. The second-order valence-electron chi connectivity index (χ2n) is 4.47. The van der Waals surface area contributed by atoms with Crippen LogP contribution in [0.15, 0.2) is 18.2 Å². The van der Waals surface area contributed by atoms with Gasteiger partial charge in [0, 0.05) is 18.7 Å². The van der Waals surface area contributed by atoms with E-state index in [4.69, 9.17) is 10.5 Å². The smallest absolute Gasteiger partial charge is 0.257 e. The number of rotatable bonds is 6. The number of benzene rings is 1. The van der Waals surface area contributed by atoms with Crippen LogP contribution in [0.5, 0.6) is 5.75 Å². The lowest BCUT2D eigenvalue weighted by Gasteiger charge is -2.11. The number of ether oxygens (including phenoxy) is 1. The Bertz CT molecular complexity index is 433. The van der Waals surface area contributed by atoms with Crippen molar-refractivity contribution in [1.82, 2.24) is 5.32 Å². The van der Waals surface area contributed by atoms with E-state index < -0.39 is 5.82 Å². The molecule has 1 amide bonds. The minimum atomic E-state index is -0.493. The summed E-state index contributed by atoms with van der Waals surface area (Å²) < 4.78 is 18.7. The molecule has 98 valence electrons. The van der Waals surface area contributed by atoms with Gasteiger partial charge in [-0.1, -0.05) is 12.1 Å². The summed E-state index contributed by atoms with van der Waals surface area (Å²) in [7, 11) is 0. The standard InChI is InChI=1S/C13H17FN2O2/c14-11-3-1-2-10(6-15)13(11)18-8-12(17)16-7-9-4-5-9/h1-3,9H,4-8,15H2,(H,16,17). The summed E-state index contributed by atoms with van der Waals surface area (Å²) in [4.78, 5) is 11.5. The molecule has 2 rings (SSSR count). The predicted molar refractivity (Wildman–Crippen MR) is 65.5 cm³/mol. The first-order valence-electron chi connectivity index (χ1n) is 6.07. The normalized spacial score (nSPS) is 14.3. The highest BCUT2D eigenvalue weighted by molar-refractivity contribution is 5.77. The molecule has 1 aliphatic carbocycles. The van der Waals surface area contributed by atoms with Crippen LogP contribution in [0.3, 0.4) is 0 Å². The molecule has 0 bridgehead atoms. The third-order valence-corrected chi connectivity index (χ3v) is 2.90. The lowest BCUT2D eigenvalue weighted by Crippen LogP contribution is -2.30. The molecule has 4 nitrogen and oxygen atoms in total. The zero-order chi connectivity index (χ0) is 13.0. The molecule has 0 spiro atoms. The average molecular weight is 252 g/mol. The monoisotopic (exact) mass is 252 g/mol. The van der Waals surface area contributed by atoms with Crippen molar-refractivity contribution in [2.24, 2.45) is 11.7 Å². The Labute approximate surface area is 105 Å². The first kappa shape index (κ1) is 12.8. The first-order valence-corrected chi connectivity index (χ1v) is 6.07. The number of carbonyl (C=O) groups is 1. The third kappa shape index (κ3) is 3.43. The van der Waals surface area contributed by atoms with Gasteiger partial charge >= 0.3 is 0 Å². The topological polar surface area (TPSA) is 64.3 Å². The molecule has 0 atom stereocenters. The Morgan fingerprint density at radius 2 is 2.28 bits per heavy atom. The zero-order valence-corrected chi connectivity index (χ0v) is 10.1. The Hall–Kier alpha value is -1.62. The van der Waals surface area contributed by atoms with Gasteiger partial charge < -0.3 is 15.8 Å². The van der Waals surface area contributed by atoms with Crippen LogP contribution < -0.4 is 15.8 Å². The van der Waals surface area contributed by atoms with E-state index in [2.05, 4.69) is 5.32 Å². The number of halogens is 1. The lowest BCUT2D eigenvalue weighted by molar-refractivity contribution is -0.123. The molecule has 0 aliphatic heterocycles. The van der Waals surface area contributed by atoms with Gasteiger partial charge in [-0.2, -0.15) is 0 Å². The molecule has 3 N–H and O–H groups in total. The van der Waals surface area contributed by atoms with Crippen LogP contribution in [0.25, 0.3) is 0 Å². The maximum absolute atomic E-state index is 13.5. The highest BCUT2D eigenvalue weighted by Crippen LogP contribution is 2.27. The van der Waals surface area contributed by atoms with Crippen molar-refractivity contribution in [1.29, 1.82) is 0 Å². The molecule has 0 radical (unpaired) electrons. The van der Waals surface area contributed by atoms with Crippen molar-refractivity contribution < 1.29 is 13.9 Å². The number of nitrogens with one attached hydrogen (secondary N) is 1. The van der Waals surface area contributed by atoms with E-state index in [1.54, 1.807) is 12.1 Å². The Balaban J connectivity index is 1.86. The predicted octanol–water partition coefficient (Wildman–Crippen LogP) is 1.19. The second-order valence-corrected chi connectivity index (χ2v) is 4.47. The second kappa shape index (κ2) is 5.82. The van der Waals surface area contributed by atoms with Crippen molar-refractivity contribution in [2.75, 3.05) is 13.2 Å². The molecular weight excluding hydrogens is 235 g/mol. The SMILES string of the molecule is NCc1cccc(F)c1OCC(=O)NCC1CC1. The summed E-state index contributed by atoms with van der Waals surface area (Å²) in [5.41, 5.74) is 6.05. The van der Waals surface area contributed by atoms with Crippen molar-refractivity contribution >= 4 is 5.91 Å². The lowest BCUT2D eigenvalue weighted by atomic mass is 10.2. The largest absolute Gasteiger partial charge is 0.480 e. The fourth-order valence-corrected chi connectivity index (χ4v) is 1.64. The van der Waals surface area contributed by atoms with Crippen LogP contribution in [-0.2, 0) is 11.3 Å². The molecule has 1 fully saturated rings. The Kier molecular flexibility index (Phi) is 4.15. The molecular formula is C13H17FN2O2. The van der Waals surface area contributed by atoms with Gasteiger partial charge in [0.05, 0.1) is 0 Å². The highest BCUT2D eigenvalue weighted by Gasteiger charge is 2.21. The molecule has 0 heterocycles. The fraction of sp³-hybridized carbons (Fsp3) is 0.462. The summed E-state index contributed by atoms with van der Waals surface area (Å²) in [6, 6.07) is 4.54. The average Bonchev–Trinajstić information content (AvgIpc) is 3.18. The van der Waals surface area contributed by atoms with E-state index in [1.165, 1.54) is 18.9 Å². The number of hydrogen-bond acceptors (Lipinski definition) is 3. The Morgan fingerprint density at radius 3 is 2.94 bits per heavy atom. The van der Waals surface area contributed by atoms with Gasteiger partial charge in [-0.3, -0.25) is 4.79 Å². The summed E-state index contributed by atoms with van der Waals surface area (Å²) >= 11 is 0. The van der Waals surface area contributed by atoms with Crippen LogP contribution in [0.4, 0.5) is 4.39 Å². The molecule has 1 aliphatic rings. The van der Waals surface area contributed by atoms with Crippen molar-refractivity contribution in [2.45, 2.75) is 19.4 Å². The van der Waals surface area contributed by atoms with Crippen molar-refractivity contribution in [3.63, 3.8) is 0 Å². The van der Waals surface area contributed by atoms with Crippen molar-refractivity contribution in [3.05, 3.63) is 29.6 Å². The van der Waals surface area contributed by atoms with Crippen LogP contribution >= 0.6 is 0 Å². The van der Waals surface area contributed by atoms with Gasteiger partial charge in [0.25, 0.3) is 5.91 Å². The number of amides is 1. The first-order chi connectivity index (χ1) is 8.70. The van der Waals surface area contributed by atoms with Gasteiger partial charge in [0.2, 0.25) is 0 Å². The number of hydrogen-bond donors (Lipinski definition) is 2. The van der Waals surface area contributed by atoms with Crippen LogP contribution in [0.1, 0.15) is 18.4 Å². The summed E-state index contributed by atoms with van der Waals surface area (Å²) in [5.74, 6) is -0.0374. The molecule has 5 heteroatoms. The molecule has 1 saturated carbocycles. The highest BCUT2D eigenvalue weighted by atomic mass is 19.1. The third-order valence-electron chi connectivity index (χ3n) is 2.90. The maximum Gasteiger partial charge on any atom is 0.257 e. The van der Waals surface area contributed by atoms with Crippen LogP contribution in [0, 0.1) is 11.7 Å². The van der Waals surface area contributed by atoms with E-state index in [0.29, 0.717) is 18.0 Å². The minimum absolute atomic E-state index is 0.0709. The molecule has 1 aromatic rings. The van der Waals surface area contributed by atoms with Gasteiger partial charge in [0.15, 0.2) is 18.2 Å². The molecule has 18 heavy (non-hydrogen) atoms. The number of carbonyl (C=O) groups excluding carboxylic acids is 1. The van der Waals surface area contributed by atoms with Gasteiger partial charge in [-0.15, -0.1) is 0 Å². The summed E-state index contributed by atoms with van der Waals surface area (Å²) in [6.45, 7) is 0.681. The molecule has 1 aromatic carbocycles. The van der Waals surface area contributed by atoms with Crippen LogP contribution in [0.2, 0.25) is 0 Å². The quantitative estimate of drug-likeness (QED) is 0.799. The minimum Gasteiger partial charge on any atom is -0.480 e. The van der Waals surface area contributed by atoms with E-state index in [9.17, 15) is 9.18 Å². The summed E-state index contributed by atoms with van der Waals surface area (Å²) in [5, 5.41) is 2.75. The zero-order valence-electron chi connectivity index (χ0n) is 10.1. The number of para-hydroxylation sites is 1. The van der Waals surface area contributed by atoms with Gasteiger partial charge in [-0.05, 0) is 24.8 Å². The Morgan fingerprint density at radius 1 is 1.50 bits per heavy atom. The molecule has 0 aromatic heterocycles. The molecule has 0 saturated heterocycles. The van der Waals surface area contributed by atoms with E-state index in [0.717, 1.165) is 0 Å². The van der Waals surface area contributed by atoms with E-state index >= 15 is 0 Å².